The summed E-state index contributed by atoms with van der Waals surface area (Å²) in [6.07, 6.45) is 7.34. The highest BCUT2D eigenvalue weighted by Gasteiger charge is 2.29. The van der Waals surface area contributed by atoms with Crippen LogP contribution in [0.15, 0.2) is 36.5 Å². The first-order valence-electron chi connectivity index (χ1n) is 11.0. The average molecular weight is 393 g/mol. The zero-order valence-corrected chi connectivity index (χ0v) is 17.7. The largest absolute Gasteiger partial charge is 0.333 e. The Kier molecular flexibility index (Phi) is 6.24. The summed E-state index contributed by atoms with van der Waals surface area (Å²) < 4.78 is 0. The molecule has 0 spiro atoms. The summed E-state index contributed by atoms with van der Waals surface area (Å²) in [7, 11) is 0. The number of rotatable bonds is 5. The number of piperidine rings is 1. The highest BCUT2D eigenvalue weighted by atomic mass is 16.2. The molecule has 5 heteroatoms. The molecule has 1 fully saturated rings. The van der Waals surface area contributed by atoms with Crippen LogP contribution in [0.2, 0.25) is 0 Å². The second-order valence-electron chi connectivity index (χ2n) is 8.55. The van der Waals surface area contributed by atoms with Gasteiger partial charge in [-0.3, -0.25) is 9.69 Å². The molecule has 0 bridgehead atoms. The Balaban J connectivity index is 1.38. The molecule has 1 saturated heterocycles. The Labute approximate surface area is 174 Å². The lowest BCUT2D eigenvalue weighted by Gasteiger charge is -2.35. The maximum Gasteiger partial charge on any atom is 0.220 e. The van der Waals surface area contributed by atoms with Crippen LogP contribution in [0.25, 0.3) is 0 Å². The first-order valence-corrected chi connectivity index (χ1v) is 11.0. The highest BCUT2D eigenvalue weighted by Crippen LogP contribution is 2.30. The molecule has 1 amide bonds. The lowest BCUT2D eigenvalue weighted by Crippen LogP contribution is -2.38. The Morgan fingerprint density at radius 3 is 2.83 bits per heavy atom. The monoisotopic (exact) mass is 392 g/mol. The van der Waals surface area contributed by atoms with E-state index in [1.807, 2.05) is 11.1 Å². The third-order valence-corrected chi connectivity index (χ3v) is 6.48. The van der Waals surface area contributed by atoms with E-state index in [0.717, 1.165) is 64.1 Å². The smallest absolute Gasteiger partial charge is 0.220 e. The van der Waals surface area contributed by atoms with E-state index in [-0.39, 0.29) is 11.9 Å². The van der Waals surface area contributed by atoms with E-state index < -0.39 is 0 Å². The third-order valence-electron chi connectivity index (χ3n) is 6.48. The number of benzene rings is 1. The van der Waals surface area contributed by atoms with Gasteiger partial charge in [-0.1, -0.05) is 37.3 Å². The predicted molar refractivity (Wildman–Crippen MR) is 114 cm³/mol. The molecule has 5 nitrogen and oxygen atoms in total. The van der Waals surface area contributed by atoms with Gasteiger partial charge in [0.25, 0.3) is 0 Å². The van der Waals surface area contributed by atoms with Crippen molar-refractivity contribution < 1.29 is 4.79 Å². The predicted octanol–water partition coefficient (Wildman–Crippen LogP) is 4.10. The van der Waals surface area contributed by atoms with Crippen molar-refractivity contribution in [1.82, 2.24) is 19.8 Å². The average Bonchev–Trinajstić information content (AvgIpc) is 2.77. The van der Waals surface area contributed by atoms with Gasteiger partial charge in [0, 0.05) is 50.4 Å². The zero-order chi connectivity index (χ0) is 20.2. The fraction of sp³-hybridized carbons (Fsp3) is 0.542. The summed E-state index contributed by atoms with van der Waals surface area (Å²) in [6, 6.07) is 10.8. The van der Waals surface area contributed by atoms with Crippen molar-refractivity contribution >= 4 is 5.91 Å². The third kappa shape index (κ3) is 4.67. The van der Waals surface area contributed by atoms with Crippen LogP contribution in [-0.2, 0) is 17.8 Å². The minimum absolute atomic E-state index is 0.0521. The quantitative estimate of drug-likeness (QED) is 0.769. The van der Waals surface area contributed by atoms with Crippen molar-refractivity contribution in [2.75, 3.05) is 19.6 Å². The van der Waals surface area contributed by atoms with Gasteiger partial charge in [-0.15, -0.1) is 0 Å². The molecule has 1 aromatic carbocycles. The van der Waals surface area contributed by atoms with Gasteiger partial charge in [-0.05, 0) is 43.7 Å². The number of carbonyl (C=O) groups is 1. The maximum atomic E-state index is 12.0. The number of carbonyl (C=O) groups excluding carboxylic acids is 1. The van der Waals surface area contributed by atoms with Crippen LogP contribution in [0.4, 0.5) is 0 Å². The molecule has 2 atom stereocenters. The lowest BCUT2D eigenvalue weighted by molar-refractivity contribution is -0.132. The van der Waals surface area contributed by atoms with Crippen LogP contribution in [0.3, 0.4) is 0 Å². The molecule has 0 saturated carbocycles. The minimum atomic E-state index is 0.0521. The second kappa shape index (κ2) is 9.04. The lowest BCUT2D eigenvalue weighted by atomic mass is 9.97. The molecule has 0 radical (unpaired) electrons. The van der Waals surface area contributed by atoms with Gasteiger partial charge in [0.15, 0.2) is 5.82 Å². The molecule has 29 heavy (non-hydrogen) atoms. The second-order valence-corrected chi connectivity index (χ2v) is 8.55. The Morgan fingerprint density at radius 2 is 2.03 bits per heavy atom. The van der Waals surface area contributed by atoms with E-state index in [2.05, 4.69) is 42.2 Å². The standard InChI is InChI=1S/C24H32N4O/c1-18(20-8-4-3-5-9-20)11-14-27-15-12-22-21(17-27)16-25-24(26-22)23-10-6-7-13-28(23)19(2)29/h3-5,8-9,16,18,23H,6-7,10-15,17H2,1-2H3. The Bertz CT molecular complexity index is 838. The van der Waals surface area contributed by atoms with Crippen molar-refractivity contribution in [3.63, 3.8) is 0 Å². The van der Waals surface area contributed by atoms with Gasteiger partial charge in [-0.25, -0.2) is 9.97 Å². The zero-order valence-electron chi connectivity index (χ0n) is 17.7. The van der Waals surface area contributed by atoms with Gasteiger partial charge in [0.2, 0.25) is 5.91 Å². The molecule has 0 aliphatic carbocycles. The van der Waals surface area contributed by atoms with Crippen LogP contribution in [-0.4, -0.2) is 45.3 Å². The number of hydrogen-bond acceptors (Lipinski definition) is 4. The van der Waals surface area contributed by atoms with Crippen LogP contribution in [0.5, 0.6) is 0 Å². The maximum absolute atomic E-state index is 12.0. The summed E-state index contributed by atoms with van der Waals surface area (Å²) in [5.74, 6) is 1.54. The van der Waals surface area contributed by atoms with Crippen molar-refractivity contribution in [3.8, 4) is 0 Å². The number of amides is 1. The van der Waals surface area contributed by atoms with Crippen LogP contribution >= 0.6 is 0 Å². The molecule has 2 aliphatic rings. The molecule has 2 unspecified atom stereocenters. The summed E-state index contributed by atoms with van der Waals surface area (Å²) in [4.78, 5) is 26.1. The molecule has 0 N–H and O–H groups in total. The van der Waals surface area contributed by atoms with Crippen molar-refractivity contribution in [2.45, 2.75) is 64.5 Å². The minimum Gasteiger partial charge on any atom is -0.333 e. The first-order chi connectivity index (χ1) is 14.1. The van der Waals surface area contributed by atoms with E-state index in [1.54, 1.807) is 6.92 Å². The molecule has 4 rings (SSSR count). The van der Waals surface area contributed by atoms with Gasteiger partial charge in [0.05, 0.1) is 6.04 Å². The van der Waals surface area contributed by atoms with Gasteiger partial charge in [0.1, 0.15) is 0 Å². The van der Waals surface area contributed by atoms with E-state index >= 15 is 0 Å². The molecule has 1 aromatic heterocycles. The van der Waals surface area contributed by atoms with Crippen molar-refractivity contribution in [1.29, 1.82) is 0 Å². The number of hydrogen-bond donors (Lipinski definition) is 0. The topological polar surface area (TPSA) is 49.3 Å². The van der Waals surface area contributed by atoms with Crippen molar-refractivity contribution in [2.24, 2.45) is 0 Å². The Morgan fingerprint density at radius 1 is 1.21 bits per heavy atom. The fourth-order valence-electron chi connectivity index (χ4n) is 4.64. The van der Waals surface area contributed by atoms with E-state index in [1.165, 1.54) is 16.8 Å². The first kappa shape index (κ1) is 20.0. The SMILES string of the molecule is CC(=O)N1CCCCC1c1ncc2c(n1)CCN(CCC(C)c1ccccc1)C2. The Hall–Kier alpha value is -2.27. The van der Waals surface area contributed by atoms with Gasteiger partial charge >= 0.3 is 0 Å². The molecule has 2 aromatic rings. The van der Waals surface area contributed by atoms with Gasteiger partial charge < -0.3 is 4.90 Å². The molecular formula is C24H32N4O. The summed E-state index contributed by atoms with van der Waals surface area (Å²) >= 11 is 0. The molecule has 2 aliphatic heterocycles. The number of likely N-dealkylation sites (tertiary alicyclic amines) is 1. The van der Waals surface area contributed by atoms with E-state index in [4.69, 9.17) is 9.97 Å². The van der Waals surface area contributed by atoms with E-state index in [9.17, 15) is 4.79 Å². The summed E-state index contributed by atoms with van der Waals surface area (Å²) in [5, 5.41) is 0. The van der Waals surface area contributed by atoms with Crippen LogP contribution < -0.4 is 0 Å². The molecule has 3 heterocycles. The highest BCUT2D eigenvalue weighted by molar-refractivity contribution is 5.73. The van der Waals surface area contributed by atoms with Gasteiger partial charge in [-0.2, -0.15) is 0 Å². The van der Waals surface area contributed by atoms with E-state index in [0.29, 0.717) is 5.92 Å². The normalized spacial score (nSPS) is 20.9. The molecular weight excluding hydrogens is 360 g/mol. The fourth-order valence-corrected chi connectivity index (χ4v) is 4.64. The van der Waals surface area contributed by atoms with Crippen LogP contribution in [0, 0.1) is 0 Å². The summed E-state index contributed by atoms with van der Waals surface area (Å²) in [5.41, 5.74) is 3.84. The number of aromatic nitrogens is 2. The van der Waals surface area contributed by atoms with Crippen molar-refractivity contribution in [3.05, 3.63) is 59.2 Å². The molecule has 154 valence electrons. The van der Waals surface area contributed by atoms with Crippen LogP contribution in [0.1, 0.15) is 74.1 Å². The number of fused-ring (bicyclic) bond motifs is 1. The number of nitrogens with zero attached hydrogens (tertiary/aromatic N) is 4. The summed E-state index contributed by atoms with van der Waals surface area (Å²) in [6.45, 7) is 7.87.